The van der Waals surface area contributed by atoms with Gasteiger partial charge in [-0.05, 0) is 31.3 Å². The highest BCUT2D eigenvalue weighted by atomic mass is 32.1. The van der Waals surface area contributed by atoms with Crippen LogP contribution in [0.2, 0.25) is 0 Å². The maximum Gasteiger partial charge on any atom is 0.413 e. The van der Waals surface area contributed by atoms with E-state index in [-0.39, 0.29) is 28.3 Å². The fraction of sp³-hybridized carbons (Fsp3) is 0.200. The van der Waals surface area contributed by atoms with Crippen LogP contribution in [-0.4, -0.2) is 23.0 Å². The first-order chi connectivity index (χ1) is 8.54. The third-order valence-electron chi connectivity index (χ3n) is 1.85. The predicted octanol–water partition coefficient (Wildman–Crippen LogP) is 1.82. The molecule has 0 bridgehead atoms. The van der Waals surface area contributed by atoms with E-state index in [2.05, 4.69) is 15.4 Å². The van der Waals surface area contributed by atoms with E-state index in [1.807, 2.05) is 0 Å². The lowest BCUT2D eigenvalue weighted by Gasteiger charge is -2.24. The van der Waals surface area contributed by atoms with E-state index in [0.29, 0.717) is 0 Å². The van der Waals surface area contributed by atoms with Crippen molar-refractivity contribution < 1.29 is 14.7 Å². The van der Waals surface area contributed by atoms with E-state index in [0.717, 1.165) is 0 Å². The monoisotopic (exact) mass is 270 g/mol. The van der Waals surface area contributed by atoms with E-state index in [4.69, 9.17) is 17.4 Å². The molecule has 7 nitrogen and oxygen atoms in total. The zero-order valence-electron chi connectivity index (χ0n) is 9.54. The number of anilines is 2. The number of carbonyl (C=O) groups excluding carboxylic acids is 1. The number of nitrogens with zero attached hydrogens (tertiary/aromatic N) is 1. The number of hydrogen-bond acceptors (Lipinski definition) is 6. The normalized spacial score (nSPS) is 9.50. The second-order valence-electron chi connectivity index (χ2n) is 3.09. The Labute approximate surface area is 109 Å². The van der Waals surface area contributed by atoms with Crippen LogP contribution in [0.1, 0.15) is 6.92 Å². The van der Waals surface area contributed by atoms with E-state index < -0.39 is 6.09 Å². The van der Waals surface area contributed by atoms with Gasteiger partial charge < -0.3 is 20.5 Å². The van der Waals surface area contributed by atoms with Gasteiger partial charge in [-0.15, -0.1) is 0 Å². The van der Waals surface area contributed by atoms with Gasteiger partial charge in [0.1, 0.15) is 0 Å². The van der Waals surface area contributed by atoms with E-state index in [1.165, 1.54) is 12.1 Å². The van der Waals surface area contributed by atoms with Gasteiger partial charge in [0.05, 0.1) is 18.0 Å². The first kappa shape index (κ1) is 14.2. The summed E-state index contributed by atoms with van der Waals surface area (Å²) in [6.45, 7) is 1.88. The molecule has 0 radical (unpaired) electrons. The topological polar surface area (TPSA) is 96.9 Å². The average Bonchev–Trinajstić information content (AvgIpc) is 2.29. The molecule has 0 spiro atoms. The van der Waals surface area contributed by atoms with Gasteiger partial charge >= 0.3 is 6.09 Å². The Morgan fingerprint density at radius 3 is 2.83 bits per heavy atom. The first-order valence-electron chi connectivity index (χ1n) is 5.04. The molecule has 0 aliphatic carbocycles. The van der Waals surface area contributed by atoms with Crippen LogP contribution in [0, 0.1) is 5.21 Å². The molecule has 0 unspecified atom stereocenters. The Hall–Kier alpha value is -1.90. The average molecular weight is 270 g/mol. The van der Waals surface area contributed by atoms with E-state index >= 15 is 0 Å². The maximum absolute atomic E-state index is 11.1. The summed E-state index contributed by atoms with van der Waals surface area (Å²) in [5, 5.41) is 24.2. The standard InChI is InChI=1S/C10H12N3O4S/c1-2-17-10(14)12-9(18)11-7-5-3-4-6-8(7)13(15)16/h3-6,15H,2H2,1H3,(H2,11,12,14,18)/q-1. The summed E-state index contributed by atoms with van der Waals surface area (Å²) in [5.74, 6) is 0. The van der Waals surface area contributed by atoms with E-state index in [9.17, 15) is 10.0 Å². The number of benzene rings is 1. The van der Waals surface area contributed by atoms with Gasteiger partial charge in [0.25, 0.3) is 0 Å². The second-order valence-corrected chi connectivity index (χ2v) is 3.50. The van der Waals surface area contributed by atoms with Crippen molar-refractivity contribution in [3.05, 3.63) is 29.5 Å². The molecule has 0 heterocycles. The lowest BCUT2D eigenvalue weighted by Crippen LogP contribution is -2.34. The minimum atomic E-state index is -0.699. The van der Waals surface area contributed by atoms with Gasteiger partial charge in [-0.2, -0.15) is 0 Å². The van der Waals surface area contributed by atoms with Gasteiger partial charge in [0.2, 0.25) is 0 Å². The van der Waals surface area contributed by atoms with Crippen LogP contribution in [0.15, 0.2) is 24.3 Å². The molecule has 18 heavy (non-hydrogen) atoms. The number of para-hydroxylation sites is 2. The largest absolute Gasteiger partial charge is 0.733 e. The van der Waals surface area contributed by atoms with Crippen LogP contribution in [0.5, 0.6) is 0 Å². The zero-order valence-corrected chi connectivity index (χ0v) is 10.4. The quantitative estimate of drug-likeness (QED) is 0.569. The lowest BCUT2D eigenvalue weighted by atomic mass is 10.3. The predicted molar refractivity (Wildman–Crippen MR) is 70.5 cm³/mol. The molecule has 0 aromatic heterocycles. The van der Waals surface area contributed by atoms with E-state index in [1.54, 1.807) is 19.1 Å². The fourth-order valence-corrected chi connectivity index (χ4v) is 1.35. The summed E-state index contributed by atoms with van der Waals surface area (Å²) < 4.78 is 4.63. The molecule has 0 aliphatic heterocycles. The number of amides is 1. The maximum atomic E-state index is 11.1. The molecular formula is C10H12N3O4S-. The Morgan fingerprint density at radius 2 is 2.22 bits per heavy atom. The molecule has 1 aromatic carbocycles. The SMILES string of the molecule is CCOC(=O)NC(=S)Nc1ccccc1N([O-])O. The van der Waals surface area contributed by atoms with Gasteiger partial charge in [-0.3, -0.25) is 10.5 Å². The van der Waals surface area contributed by atoms with Crippen molar-refractivity contribution in [2.45, 2.75) is 6.92 Å². The summed E-state index contributed by atoms with van der Waals surface area (Å²) in [4.78, 5) is 11.1. The number of thiocarbonyl (C=S) groups is 1. The Balaban J connectivity index is 2.67. The molecule has 0 atom stereocenters. The number of hydrogen-bond donors (Lipinski definition) is 3. The summed E-state index contributed by atoms with van der Waals surface area (Å²) >= 11 is 4.85. The van der Waals surface area contributed by atoms with Crippen LogP contribution < -0.4 is 15.9 Å². The van der Waals surface area contributed by atoms with Crippen LogP contribution in [-0.2, 0) is 4.74 Å². The number of rotatable bonds is 3. The molecule has 1 amide bonds. The minimum Gasteiger partial charge on any atom is -0.733 e. The number of alkyl carbamates (subject to hydrolysis) is 1. The molecule has 0 saturated carbocycles. The summed E-state index contributed by atoms with van der Waals surface area (Å²) in [6.07, 6.45) is -0.699. The van der Waals surface area contributed by atoms with Gasteiger partial charge in [-0.25, -0.2) is 4.79 Å². The second kappa shape index (κ2) is 6.74. The zero-order chi connectivity index (χ0) is 13.5. The molecule has 8 heteroatoms. The van der Waals surface area contributed by atoms with Crippen molar-refractivity contribution in [3.8, 4) is 0 Å². The molecule has 0 fully saturated rings. The lowest BCUT2D eigenvalue weighted by molar-refractivity contribution is 0.158. The summed E-state index contributed by atoms with van der Waals surface area (Å²) in [5.41, 5.74) is 0.238. The Morgan fingerprint density at radius 1 is 1.56 bits per heavy atom. The molecular weight excluding hydrogens is 258 g/mol. The van der Waals surface area contributed by atoms with Gasteiger partial charge in [-0.1, -0.05) is 12.1 Å². The minimum absolute atomic E-state index is 0.0227. The first-order valence-corrected chi connectivity index (χ1v) is 5.45. The highest BCUT2D eigenvalue weighted by Gasteiger charge is 2.07. The van der Waals surface area contributed by atoms with Crippen molar-refractivity contribution in [2.75, 3.05) is 17.2 Å². The number of carbonyl (C=O) groups is 1. The molecule has 0 aliphatic rings. The molecule has 98 valence electrons. The van der Waals surface area contributed by atoms with Crippen LogP contribution >= 0.6 is 12.2 Å². The van der Waals surface area contributed by atoms with Crippen LogP contribution in [0.25, 0.3) is 0 Å². The van der Waals surface area contributed by atoms with Crippen LogP contribution in [0.3, 0.4) is 0 Å². The van der Waals surface area contributed by atoms with Crippen molar-refractivity contribution in [1.29, 1.82) is 0 Å². The third-order valence-corrected chi connectivity index (χ3v) is 2.05. The molecule has 1 rings (SSSR count). The summed E-state index contributed by atoms with van der Waals surface area (Å²) in [7, 11) is 0. The highest BCUT2D eigenvalue weighted by Crippen LogP contribution is 2.23. The summed E-state index contributed by atoms with van der Waals surface area (Å²) in [6, 6.07) is 6.13. The van der Waals surface area contributed by atoms with Crippen molar-refractivity contribution in [3.63, 3.8) is 0 Å². The third kappa shape index (κ3) is 4.17. The van der Waals surface area contributed by atoms with Crippen LogP contribution in [0.4, 0.5) is 16.2 Å². The van der Waals surface area contributed by atoms with Crippen molar-refractivity contribution in [2.24, 2.45) is 0 Å². The molecule has 3 N–H and O–H groups in total. The van der Waals surface area contributed by atoms with Gasteiger partial charge in [0.15, 0.2) is 5.11 Å². The smallest absolute Gasteiger partial charge is 0.413 e. The van der Waals surface area contributed by atoms with Gasteiger partial charge in [0, 0.05) is 0 Å². The number of ether oxygens (including phenoxy) is 1. The molecule has 0 saturated heterocycles. The number of nitrogens with one attached hydrogen (secondary N) is 2. The highest BCUT2D eigenvalue weighted by molar-refractivity contribution is 7.80. The Kier molecular flexibility index (Phi) is 5.31. The molecule has 1 aromatic rings. The van der Waals surface area contributed by atoms with Crippen molar-refractivity contribution in [1.82, 2.24) is 5.32 Å². The Bertz CT molecular complexity index is 439. The van der Waals surface area contributed by atoms with Crippen molar-refractivity contribution >= 4 is 34.8 Å². The fourth-order valence-electron chi connectivity index (χ4n) is 1.16.